The number of carbonyl (C=O) groups is 2. The largest absolute Gasteiger partial charge is 0.494 e. The van der Waals surface area contributed by atoms with Gasteiger partial charge < -0.3 is 20.7 Å². The Morgan fingerprint density at radius 3 is 2.04 bits per heavy atom. The van der Waals surface area contributed by atoms with Gasteiger partial charge in [0.15, 0.2) is 0 Å². The van der Waals surface area contributed by atoms with E-state index in [0.29, 0.717) is 29.5 Å². The lowest BCUT2D eigenvalue weighted by Gasteiger charge is -2.10. The molecule has 6 nitrogen and oxygen atoms in total. The molecule has 0 atom stereocenters. The molecule has 0 saturated heterocycles. The number of hydrogen-bond donors (Lipinski definition) is 3. The number of anilines is 2. The van der Waals surface area contributed by atoms with Crippen molar-refractivity contribution in [2.45, 2.75) is 20.3 Å². The van der Waals surface area contributed by atoms with Gasteiger partial charge >= 0.3 is 6.03 Å². The fourth-order valence-electron chi connectivity index (χ4n) is 2.15. The molecule has 0 unspecified atom stereocenters. The summed E-state index contributed by atoms with van der Waals surface area (Å²) in [6.07, 6.45) is 0.993. The lowest BCUT2D eigenvalue weighted by molar-refractivity contribution is 0.102. The first-order valence-electron chi connectivity index (χ1n) is 8.61. The third kappa shape index (κ3) is 6.12. The van der Waals surface area contributed by atoms with E-state index in [0.717, 1.165) is 12.2 Å². The van der Waals surface area contributed by atoms with Gasteiger partial charge in [-0.3, -0.25) is 4.79 Å². The van der Waals surface area contributed by atoms with E-state index in [9.17, 15) is 9.59 Å². The first-order chi connectivity index (χ1) is 12.5. The highest BCUT2D eigenvalue weighted by molar-refractivity contribution is 6.04. The van der Waals surface area contributed by atoms with Crippen molar-refractivity contribution in [1.29, 1.82) is 0 Å². The van der Waals surface area contributed by atoms with E-state index >= 15 is 0 Å². The molecule has 0 saturated carbocycles. The molecule has 0 aliphatic rings. The SMILES string of the molecule is CNC(=O)Nc1ccc(NC(=O)c2ccc(OCCC(C)C)cc2)cc1. The van der Waals surface area contributed by atoms with Gasteiger partial charge in [0.2, 0.25) is 0 Å². The zero-order chi connectivity index (χ0) is 18.9. The monoisotopic (exact) mass is 355 g/mol. The van der Waals surface area contributed by atoms with Gasteiger partial charge in [-0.15, -0.1) is 0 Å². The minimum absolute atomic E-state index is 0.203. The van der Waals surface area contributed by atoms with Crippen LogP contribution in [0.25, 0.3) is 0 Å². The van der Waals surface area contributed by atoms with E-state index in [-0.39, 0.29) is 11.9 Å². The van der Waals surface area contributed by atoms with E-state index in [1.54, 1.807) is 55.6 Å². The summed E-state index contributed by atoms with van der Waals surface area (Å²) in [6, 6.07) is 13.7. The van der Waals surface area contributed by atoms with Crippen LogP contribution in [0.4, 0.5) is 16.2 Å². The second-order valence-electron chi connectivity index (χ2n) is 6.29. The van der Waals surface area contributed by atoms with Gasteiger partial charge in [-0.1, -0.05) is 13.8 Å². The molecular formula is C20H25N3O3. The van der Waals surface area contributed by atoms with Crippen LogP contribution in [0.15, 0.2) is 48.5 Å². The van der Waals surface area contributed by atoms with E-state index in [2.05, 4.69) is 29.8 Å². The topological polar surface area (TPSA) is 79.5 Å². The molecule has 2 aromatic carbocycles. The molecule has 0 bridgehead atoms. The molecular weight excluding hydrogens is 330 g/mol. The van der Waals surface area contributed by atoms with Crippen LogP contribution in [-0.2, 0) is 0 Å². The van der Waals surface area contributed by atoms with Crippen LogP contribution in [0.1, 0.15) is 30.6 Å². The van der Waals surface area contributed by atoms with Crippen LogP contribution in [0.2, 0.25) is 0 Å². The number of nitrogens with one attached hydrogen (secondary N) is 3. The minimum atomic E-state index is -0.294. The zero-order valence-electron chi connectivity index (χ0n) is 15.3. The average molecular weight is 355 g/mol. The van der Waals surface area contributed by atoms with Gasteiger partial charge in [-0.2, -0.15) is 0 Å². The summed E-state index contributed by atoms with van der Waals surface area (Å²) in [4.78, 5) is 23.6. The molecule has 26 heavy (non-hydrogen) atoms. The molecule has 3 amide bonds. The van der Waals surface area contributed by atoms with Crippen molar-refractivity contribution in [3.63, 3.8) is 0 Å². The van der Waals surface area contributed by atoms with Crippen LogP contribution in [0.5, 0.6) is 5.75 Å². The maximum atomic E-state index is 12.3. The molecule has 0 heterocycles. The van der Waals surface area contributed by atoms with Crippen LogP contribution < -0.4 is 20.7 Å². The Labute approximate surface area is 153 Å². The smallest absolute Gasteiger partial charge is 0.318 e. The van der Waals surface area contributed by atoms with Gasteiger partial charge in [-0.25, -0.2) is 4.79 Å². The standard InChI is InChI=1S/C20H25N3O3/c1-14(2)12-13-26-18-10-4-15(5-11-18)19(24)22-16-6-8-17(9-7-16)23-20(25)21-3/h4-11,14H,12-13H2,1-3H3,(H,22,24)(H2,21,23,25). The van der Waals surface area contributed by atoms with Crippen molar-refractivity contribution in [2.75, 3.05) is 24.3 Å². The van der Waals surface area contributed by atoms with E-state index < -0.39 is 0 Å². The van der Waals surface area contributed by atoms with E-state index in [1.165, 1.54) is 0 Å². The van der Waals surface area contributed by atoms with Crippen LogP contribution in [0.3, 0.4) is 0 Å². The van der Waals surface area contributed by atoms with Crippen molar-refractivity contribution in [1.82, 2.24) is 5.32 Å². The normalized spacial score (nSPS) is 10.3. The quantitative estimate of drug-likeness (QED) is 0.699. The summed E-state index contributed by atoms with van der Waals surface area (Å²) in [5.41, 5.74) is 1.84. The molecule has 0 radical (unpaired) electrons. The number of urea groups is 1. The Hall–Kier alpha value is -3.02. The molecule has 138 valence electrons. The summed E-state index contributed by atoms with van der Waals surface area (Å²) in [5.74, 6) is 1.15. The minimum Gasteiger partial charge on any atom is -0.494 e. The lowest BCUT2D eigenvalue weighted by Crippen LogP contribution is -2.24. The summed E-state index contributed by atoms with van der Waals surface area (Å²) in [5, 5.41) is 7.95. The van der Waals surface area contributed by atoms with Gasteiger partial charge in [0.1, 0.15) is 5.75 Å². The van der Waals surface area contributed by atoms with E-state index in [4.69, 9.17) is 4.74 Å². The summed E-state index contributed by atoms with van der Waals surface area (Å²) < 4.78 is 5.65. The Bertz CT molecular complexity index is 725. The fraction of sp³-hybridized carbons (Fsp3) is 0.300. The molecule has 0 fully saturated rings. The zero-order valence-corrected chi connectivity index (χ0v) is 15.3. The highest BCUT2D eigenvalue weighted by atomic mass is 16.5. The van der Waals surface area contributed by atoms with Crippen LogP contribution >= 0.6 is 0 Å². The van der Waals surface area contributed by atoms with Gasteiger partial charge in [0.05, 0.1) is 6.61 Å². The van der Waals surface area contributed by atoms with Crippen molar-refractivity contribution >= 4 is 23.3 Å². The summed E-state index contributed by atoms with van der Waals surface area (Å²) in [7, 11) is 1.55. The average Bonchev–Trinajstić information content (AvgIpc) is 2.63. The number of ether oxygens (including phenoxy) is 1. The molecule has 2 rings (SSSR count). The van der Waals surface area contributed by atoms with Crippen molar-refractivity contribution in [2.24, 2.45) is 5.92 Å². The Kier molecular flexibility index (Phi) is 7.02. The molecule has 0 aromatic heterocycles. The van der Waals surface area contributed by atoms with Gasteiger partial charge in [0, 0.05) is 24.0 Å². The number of benzene rings is 2. The number of carbonyl (C=O) groups excluding carboxylic acids is 2. The lowest BCUT2D eigenvalue weighted by atomic mass is 10.1. The molecule has 0 spiro atoms. The van der Waals surface area contributed by atoms with Crippen LogP contribution in [-0.4, -0.2) is 25.6 Å². The fourth-order valence-corrected chi connectivity index (χ4v) is 2.15. The third-order valence-corrected chi connectivity index (χ3v) is 3.71. The van der Waals surface area contributed by atoms with Crippen molar-refractivity contribution < 1.29 is 14.3 Å². The maximum Gasteiger partial charge on any atom is 0.318 e. The number of hydrogen-bond acceptors (Lipinski definition) is 3. The summed E-state index contributed by atoms with van der Waals surface area (Å²) in [6.45, 7) is 4.97. The number of rotatable bonds is 7. The van der Waals surface area contributed by atoms with E-state index in [1.807, 2.05) is 0 Å². The first kappa shape index (κ1) is 19.3. The maximum absolute atomic E-state index is 12.3. The molecule has 2 aromatic rings. The molecule has 6 heteroatoms. The Morgan fingerprint density at radius 2 is 1.50 bits per heavy atom. The Morgan fingerprint density at radius 1 is 0.923 bits per heavy atom. The van der Waals surface area contributed by atoms with Crippen LogP contribution in [0, 0.1) is 5.92 Å². The Balaban J connectivity index is 1.89. The third-order valence-electron chi connectivity index (χ3n) is 3.71. The van der Waals surface area contributed by atoms with Crippen molar-refractivity contribution in [3.05, 3.63) is 54.1 Å². The first-order valence-corrected chi connectivity index (χ1v) is 8.61. The second-order valence-corrected chi connectivity index (χ2v) is 6.29. The highest BCUT2D eigenvalue weighted by Gasteiger charge is 2.07. The highest BCUT2D eigenvalue weighted by Crippen LogP contribution is 2.17. The molecule has 0 aliphatic carbocycles. The predicted molar refractivity (Wildman–Crippen MR) is 104 cm³/mol. The molecule has 3 N–H and O–H groups in total. The second kappa shape index (κ2) is 9.46. The summed E-state index contributed by atoms with van der Waals surface area (Å²) >= 11 is 0. The molecule has 0 aliphatic heterocycles. The number of amides is 3. The van der Waals surface area contributed by atoms with Gasteiger partial charge in [-0.05, 0) is 60.9 Å². The van der Waals surface area contributed by atoms with Crippen molar-refractivity contribution in [3.8, 4) is 5.75 Å². The van der Waals surface area contributed by atoms with Gasteiger partial charge in [0.25, 0.3) is 5.91 Å². The predicted octanol–water partition coefficient (Wildman–Crippen LogP) is 4.12.